The number of nitrogens with zero attached hydrogens (tertiary/aromatic N) is 1. The molecule has 0 bridgehead atoms. The van der Waals surface area contributed by atoms with E-state index in [4.69, 9.17) is 4.74 Å². The van der Waals surface area contributed by atoms with Crippen molar-refractivity contribution in [3.63, 3.8) is 0 Å². The molecule has 1 aromatic heterocycles. The number of quaternary nitrogens is 1. The fraction of sp³-hybridized carbons (Fsp3) is 0.478. The van der Waals surface area contributed by atoms with E-state index in [2.05, 4.69) is 56.2 Å². The largest absolute Gasteiger partial charge is 0.370 e. The number of pyridine rings is 1. The maximum atomic E-state index is 9.95. The first kappa shape index (κ1) is 20.3. The van der Waals surface area contributed by atoms with Gasteiger partial charge in [0.05, 0.1) is 25.3 Å². The number of anilines is 1. The number of hydrogen-bond acceptors (Lipinski definition) is 3. The van der Waals surface area contributed by atoms with Crippen molar-refractivity contribution in [3.8, 4) is 17.3 Å². The lowest BCUT2D eigenvalue weighted by molar-refractivity contribution is -0.894. The molecule has 1 aliphatic heterocycles. The van der Waals surface area contributed by atoms with Gasteiger partial charge in [-0.25, -0.2) is 4.98 Å². The van der Waals surface area contributed by atoms with E-state index in [1.807, 2.05) is 18.2 Å². The minimum Gasteiger partial charge on any atom is -0.370 e. The third kappa shape index (κ3) is 4.35. The molecule has 0 amide bonds. The van der Waals surface area contributed by atoms with Gasteiger partial charge in [-0.15, -0.1) is 0 Å². The van der Waals surface area contributed by atoms with Crippen molar-refractivity contribution in [3.05, 3.63) is 47.0 Å². The number of fused-ring (bicyclic) bond motifs is 1. The number of ether oxygens (including phenoxy) is 1. The Balaban J connectivity index is 2.03. The predicted molar refractivity (Wildman–Crippen MR) is 111 cm³/mol. The molecule has 3 rings (SSSR count). The van der Waals surface area contributed by atoms with Gasteiger partial charge in [0, 0.05) is 17.5 Å². The van der Waals surface area contributed by atoms with Crippen LogP contribution in [0.2, 0.25) is 0 Å². The zero-order chi connectivity index (χ0) is 20.1. The molecule has 148 valence electrons. The minimum absolute atomic E-state index is 0.267. The molecule has 0 saturated heterocycles. The molecule has 1 aliphatic rings. The molecule has 0 aliphatic carbocycles. The molecule has 5 nitrogen and oxygen atoms in total. The number of rotatable bonds is 7. The second-order valence-electron chi connectivity index (χ2n) is 8.04. The lowest BCUT2D eigenvalue weighted by atomic mass is 9.87. The van der Waals surface area contributed by atoms with Crippen LogP contribution in [0.25, 0.3) is 11.3 Å². The van der Waals surface area contributed by atoms with Gasteiger partial charge in [0.2, 0.25) is 0 Å². The number of benzene rings is 1. The van der Waals surface area contributed by atoms with Crippen LogP contribution in [0.5, 0.6) is 0 Å². The fourth-order valence-electron chi connectivity index (χ4n) is 3.89. The summed E-state index contributed by atoms with van der Waals surface area (Å²) in [6, 6.07) is 12.7. The third-order valence-electron chi connectivity index (χ3n) is 5.63. The van der Waals surface area contributed by atoms with E-state index in [9.17, 15) is 5.26 Å². The SMILES string of the molecule is CC[NH+](CC)CCNc1[nH+]c(-c2ccccc2)c2c(c1C#N)CC(C)(C)OC2. The molecule has 3 N–H and O–H groups in total. The smallest absolute Gasteiger partial charge is 0.291 e. The highest BCUT2D eigenvalue weighted by Gasteiger charge is 2.34. The lowest BCUT2D eigenvalue weighted by Gasteiger charge is -2.32. The van der Waals surface area contributed by atoms with Crippen molar-refractivity contribution in [2.45, 2.75) is 46.3 Å². The molecule has 5 heteroatoms. The molecule has 2 heterocycles. The first-order valence-electron chi connectivity index (χ1n) is 10.3. The van der Waals surface area contributed by atoms with Gasteiger partial charge in [-0.3, -0.25) is 5.32 Å². The molecule has 0 atom stereocenters. The van der Waals surface area contributed by atoms with E-state index in [-0.39, 0.29) is 5.60 Å². The summed E-state index contributed by atoms with van der Waals surface area (Å²) in [5, 5.41) is 13.5. The van der Waals surface area contributed by atoms with Gasteiger partial charge in [-0.1, -0.05) is 30.3 Å². The Kier molecular flexibility index (Phi) is 6.33. The highest BCUT2D eigenvalue weighted by Crippen LogP contribution is 2.35. The Morgan fingerprint density at radius 1 is 1.18 bits per heavy atom. The summed E-state index contributed by atoms with van der Waals surface area (Å²) in [7, 11) is 0. The zero-order valence-corrected chi connectivity index (χ0v) is 17.5. The number of aromatic amines is 1. The Bertz CT molecular complexity index is 851. The average molecular weight is 381 g/mol. The molecular weight excluding hydrogens is 348 g/mol. The minimum atomic E-state index is -0.267. The third-order valence-corrected chi connectivity index (χ3v) is 5.63. The quantitative estimate of drug-likeness (QED) is 0.774. The van der Waals surface area contributed by atoms with Crippen molar-refractivity contribution >= 4 is 5.82 Å². The van der Waals surface area contributed by atoms with Crippen molar-refractivity contribution < 1.29 is 14.6 Å². The molecule has 0 unspecified atom stereocenters. The van der Waals surface area contributed by atoms with Crippen LogP contribution in [-0.2, 0) is 17.8 Å². The van der Waals surface area contributed by atoms with Gasteiger partial charge in [0.1, 0.15) is 30.4 Å². The van der Waals surface area contributed by atoms with Gasteiger partial charge < -0.3 is 9.64 Å². The van der Waals surface area contributed by atoms with E-state index >= 15 is 0 Å². The van der Waals surface area contributed by atoms with Gasteiger partial charge in [0.15, 0.2) is 0 Å². The molecular formula is C23H32N4O+2. The van der Waals surface area contributed by atoms with Crippen LogP contribution >= 0.6 is 0 Å². The van der Waals surface area contributed by atoms with E-state index in [0.29, 0.717) is 6.61 Å². The van der Waals surface area contributed by atoms with Crippen molar-refractivity contribution in [1.29, 1.82) is 5.26 Å². The number of hydrogen-bond donors (Lipinski definition) is 2. The topological polar surface area (TPSA) is 63.6 Å². The fourth-order valence-corrected chi connectivity index (χ4v) is 3.89. The summed E-state index contributed by atoms with van der Waals surface area (Å²) in [4.78, 5) is 5.07. The molecule has 0 saturated carbocycles. The molecule has 2 aromatic rings. The maximum Gasteiger partial charge on any atom is 0.291 e. The molecule has 0 fully saturated rings. The monoisotopic (exact) mass is 380 g/mol. The van der Waals surface area contributed by atoms with Crippen molar-refractivity contribution in [1.82, 2.24) is 0 Å². The molecule has 1 aromatic carbocycles. The van der Waals surface area contributed by atoms with Crippen molar-refractivity contribution in [2.24, 2.45) is 0 Å². The second-order valence-corrected chi connectivity index (χ2v) is 8.04. The number of nitrogens with one attached hydrogen (secondary N) is 3. The van der Waals surface area contributed by atoms with Gasteiger partial charge in [-0.05, 0) is 33.3 Å². The number of H-pyrrole nitrogens is 1. The highest BCUT2D eigenvalue weighted by molar-refractivity contribution is 5.67. The Morgan fingerprint density at radius 3 is 2.54 bits per heavy atom. The van der Waals surface area contributed by atoms with E-state index in [0.717, 1.165) is 66.4 Å². The molecule has 28 heavy (non-hydrogen) atoms. The Morgan fingerprint density at radius 2 is 1.89 bits per heavy atom. The predicted octanol–water partition coefficient (Wildman–Crippen LogP) is 2.23. The zero-order valence-electron chi connectivity index (χ0n) is 17.5. The summed E-state index contributed by atoms with van der Waals surface area (Å²) in [5.74, 6) is 0.823. The van der Waals surface area contributed by atoms with E-state index in [1.165, 1.54) is 0 Å². The van der Waals surface area contributed by atoms with E-state index < -0.39 is 0 Å². The molecule has 0 radical (unpaired) electrons. The summed E-state index contributed by atoms with van der Waals surface area (Å²) >= 11 is 0. The molecule has 0 spiro atoms. The summed E-state index contributed by atoms with van der Waals surface area (Å²) in [6.45, 7) is 13.2. The van der Waals surface area contributed by atoms with Crippen LogP contribution in [0.1, 0.15) is 44.4 Å². The number of aromatic nitrogens is 1. The highest BCUT2D eigenvalue weighted by atomic mass is 16.5. The van der Waals surface area contributed by atoms with Gasteiger partial charge in [0.25, 0.3) is 5.82 Å². The number of nitriles is 1. The average Bonchev–Trinajstić information content (AvgIpc) is 2.70. The van der Waals surface area contributed by atoms with Gasteiger partial charge in [-0.2, -0.15) is 5.26 Å². The van der Waals surface area contributed by atoms with Crippen LogP contribution in [0.3, 0.4) is 0 Å². The maximum absolute atomic E-state index is 9.95. The van der Waals surface area contributed by atoms with Crippen LogP contribution in [0, 0.1) is 11.3 Å². The summed E-state index contributed by atoms with van der Waals surface area (Å²) in [5.41, 5.74) is 4.82. The second kappa shape index (κ2) is 8.72. The van der Waals surface area contributed by atoms with Crippen LogP contribution in [-0.4, -0.2) is 31.8 Å². The summed E-state index contributed by atoms with van der Waals surface area (Å²) in [6.07, 6.45) is 0.732. The Labute approximate surface area is 168 Å². The van der Waals surface area contributed by atoms with Crippen LogP contribution in [0.15, 0.2) is 30.3 Å². The van der Waals surface area contributed by atoms with Gasteiger partial charge >= 0.3 is 0 Å². The van der Waals surface area contributed by atoms with E-state index in [1.54, 1.807) is 4.90 Å². The van der Waals surface area contributed by atoms with Crippen LogP contribution in [0.4, 0.5) is 5.82 Å². The lowest BCUT2D eigenvalue weighted by Crippen LogP contribution is -3.12. The first-order chi connectivity index (χ1) is 13.5. The Hall–Kier alpha value is -2.42. The summed E-state index contributed by atoms with van der Waals surface area (Å²) < 4.78 is 6.08. The first-order valence-corrected chi connectivity index (χ1v) is 10.3. The number of likely N-dealkylation sites (N-methyl/N-ethyl adjacent to an activating group) is 1. The normalized spacial score (nSPS) is 15.1. The van der Waals surface area contributed by atoms with Crippen molar-refractivity contribution in [2.75, 3.05) is 31.5 Å². The van der Waals surface area contributed by atoms with Crippen LogP contribution < -0.4 is 15.2 Å². The standard InChI is InChI=1S/C23H30N4O/c1-5-27(6-2)13-12-25-22-19(15-24)18-14-23(3,4)28-16-20(18)21(26-22)17-10-8-7-9-11-17/h7-11H,5-6,12-14,16H2,1-4H3,(H,25,26)/p+2.